The van der Waals surface area contributed by atoms with Crippen molar-refractivity contribution < 1.29 is 5.11 Å². The van der Waals surface area contributed by atoms with Crippen LogP contribution < -0.4 is 0 Å². The molecule has 2 heteroatoms. The van der Waals surface area contributed by atoms with Gasteiger partial charge in [0.1, 0.15) is 5.75 Å². The van der Waals surface area contributed by atoms with Crippen molar-refractivity contribution in [3.63, 3.8) is 0 Å². The van der Waals surface area contributed by atoms with Crippen molar-refractivity contribution in [1.29, 1.82) is 0 Å². The molecule has 0 aliphatic carbocycles. The first-order chi connectivity index (χ1) is 6.64. The van der Waals surface area contributed by atoms with Gasteiger partial charge in [-0.25, -0.2) is 0 Å². The Morgan fingerprint density at radius 1 is 0.875 bits per heavy atom. The summed E-state index contributed by atoms with van der Waals surface area (Å²) in [5, 5.41) is 9.99. The Labute approximate surface area is 129 Å². The number of aromatic hydroxyl groups is 1. The van der Waals surface area contributed by atoms with E-state index in [0.717, 1.165) is 5.56 Å². The Bertz CT molecular complexity index is 356. The van der Waals surface area contributed by atoms with Gasteiger partial charge in [0.2, 0.25) is 0 Å². The van der Waals surface area contributed by atoms with Crippen molar-refractivity contribution in [2.45, 2.75) is 52.4 Å². The van der Waals surface area contributed by atoms with Crippen LogP contribution in [0.2, 0.25) is 0 Å². The molecule has 1 N–H and O–H groups in total. The molecule has 1 rings (SSSR count). The number of rotatable bonds is 0. The first-order valence-corrected chi connectivity index (χ1v) is 5.47. The van der Waals surface area contributed by atoms with Gasteiger partial charge in [-0.15, -0.1) is 0 Å². The fourth-order valence-electron chi connectivity index (χ4n) is 1.95. The molecule has 0 atom stereocenters. The van der Waals surface area contributed by atoms with Crippen LogP contribution in [-0.2, 0) is 10.8 Å². The van der Waals surface area contributed by atoms with Crippen LogP contribution >= 0.6 is 0 Å². The first kappa shape index (κ1) is 16.3. The van der Waals surface area contributed by atoms with Crippen LogP contribution in [-0.4, -0.2) is 42.8 Å². The fourth-order valence-corrected chi connectivity index (χ4v) is 1.95. The molecule has 0 radical (unpaired) electrons. The average Bonchev–Trinajstić information content (AvgIpc) is 1.99. The van der Waals surface area contributed by atoms with E-state index in [-0.39, 0.29) is 48.6 Å². The van der Waals surface area contributed by atoms with Crippen LogP contribution in [0.5, 0.6) is 5.75 Å². The molecule has 1 aromatic carbocycles. The van der Waals surface area contributed by atoms with E-state index in [0.29, 0.717) is 5.75 Å². The molecule has 0 bridgehead atoms. The third-order valence-corrected chi connectivity index (χ3v) is 2.60. The summed E-state index contributed by atoms with van der Waals surface area (Å²) in [6, 6.07) is 5.81. The zero-order valence-corrected chi connectivity index (χ0v) is 10.7. The molecule has 0 saturated carbocycles. The van der Waals surface area contributed by atoms with E-state index in [2.05, 4.69) is 47.6 Å². The third-order valence-electron chi connectivity index (χ3n) is 2.60. The second-order valence-electron chi connectivity index (χ2n) is 6.20. The van der Waals surface area contributed by atoms with E-state index in [1.54, 1.807) is 6.07 Å². The van der Waals surface area contributed by atoms with Gasteiger partial charge >= 0.3 is 37.7 Å². The van der Waals surface area contributed by atoms with E-state index in [4.69, 9.17) is 0 Å². The van der Waals surface area contributed by atoms with E-state index in [1.807, 2.05) is 6.07 Å². The predicted octanol–water partition coefficient (Wildman–Crippen LogP) is 3.07. The molecule has 0 aliphatic heterocycles. The van der Waals surface area contributed by atoms with Crippen molar-refractivity contribution in [1.82, 2.24) is 0 Å². The van der Waals surface area contributed by atoms with Gasteiger partial charge < -0.3 is 5.11 Å². The quantitative estimate of drug-likeness (QED) is 0.700. The molecule has 0 fully saturated rings. The van der Waals surface area contributed by atoms with Crippen molar-refractivity contribution in [3.8, 4) is 5.75 Å². The van der Waals surface area contributed by atoms with Crippen molar-refractivity contribution >= 4 is 37.7 Å². The van der Waals surface area contributed by atoms with Gasteiger partial charge in [0, 0.05) is 5.56 Å². The van der Waals surface area contributed by atoms with Crippen LogP contribution in [0.1, 0.15) is 52.7 Å². The number of hydrogen-bond acceptors (Lipinski definition) is 1. The zero-order valence-electron chi connectivity index (χ0n) is 10.7. The SMILES string of the molecule is CC(C)(C)c1cccc(O)c1C(C)(C)C.[CaH2]. The Morgan fingerprint density at radius 2 is 1.38 bits per heavy atom. The summed E-state index contributed by atoms with van der Waals surface area (Å²) in [5.41, 5.74) is 2.35. The Morgan fingerprint density at radius 3 is 1.69 bits per heavy atom. The Balaban J connectivity index is 0.00000225. The minimum absolute atomic E-state index is 0. The standard InChI is InChI=1S/C14H22O.Ca.2H/c1-13(2,3)10-8-7-9-11(15)12(10)14(4,5)6;;;/h7-9,15H,1-6H3;;;. The summed E-state index contributed by atoms with van der Waals surface area (Å²) in [6.07, 6.45) is 0. The summed E-state index contributed by atoms with van der Waals surface area (Å²) < 4.78 is 0. The van der Waals surface area contributed by atoms with Gasteiger partial charge in [-0.05, 0) is 22.5 Å². The van der Waals surface area contributed by atoms with Crippen molar-refractivity contribution in [2.24, 2.45) is 0 Å². The van der Waals surface area contributed by atoms with Crippen molar-refractivity contribution in [3.05, 3.63) is 29.3 Å². The number of phenolic OH excluding ortho intramolecular Hbond substituents is 1. The van der Waals surface area contributed by atoms with Crippen LogP contribution in [0.25, 0.3) is 0 Å². The Hall–Kier alpha value is 0.280. The number of benzene rings is 1. The summed E-state index contributed by atoms with van der Waals surface area (Å²) >= 11 is 0. The minimum atomic E-state index is -0.0199. The maximum atomic E-state index is 9.99. The van der Waals surface area contributed by atoms with E-state index in [1.165, 1.54) is 5.56 Å². The molecule has 1 aromatic rings. The van der Waals surface area contributed by atoms with Crippen LogP contribution in [0.15, 0.2) is 18.2 Å². The molecule has 0 aromatic heterocycles. The monoisotopic (exact) mass is 248 g/mol. The van der Waals surface area contributed by atoms with Crippen LogP contribution in [0, 0.1) is 0 Å². The second kappa shape index (κ2) is 5.29. The molecule has 0 saturated heterocycles. The topological polar surface area (TPSA) is 20.2 Å². The van der Waals surface area contributed by atoms with E-state index < -0.39 is 0 Å². The third kappa shape index (κ3) is 3.65. The zero-order chi connectivity index (χ0) is 11.9. The van der Waals surface area contributed by atoms with Crippen LogP contribution in [0.3, 0.4) is 0 Å². The fraction of sp³-hybridized carbons (Fsp3) is 0.571. The summed E-state index contributed by atoms with van der Waals surface area (Å²) in [5.74, 6) is 0.412. The van der Waals surface area contributed by atoms with Crippen LogP contribution in [0.4, 0.5) is 0 Å². The molecule has 0 aliphatic rings. The summed E-state index contributed by atoms with van der Waals surface area (Å²) in [4.78, 5) is 0. The van der Waals surface area contributed by atoms with Gasteiger partial charge in [-0.2, -0.15) is 0 Å². The van der Waals surface area contributed by atoms with Gasteiger partial charge in [0.25, 0.3) is 0 Å². The second-order valence-corrected chi connectivity index (χ2v) is 6.20. The predicted molar refractivity (Wildman–Crippen MR) is 74.1 cm³/mol. The summed E-state index contributed by atoms with van der Waals surface area (Å²) in [7, 11) is 0. The molecule has 0 unspecified atom stereocenters. The molecule has 0 heterocycles. The Kier molecular flexibility index (Phi) is 5.38. The van der Waals surface area contributed by atoms with E-state index in [9.17, 15) is 5.11 Å². The average molecular weight is 248 g/mol. The number of phenols is 1. The van der Waals surface area contributed by atoms with Gasteiger partial charge in [0.15, 0.2) is 0 Å². The van der Waals surface area contributed by atoms with E-state index >= 15 is 0 Å². The summed E-state index contributed by atoms with van der Waals surface area (Å²) in [6.45, 7) is 12.9. The van der Waals surface area contributed by atoms with Gasteiger partial charge in [-0.1, -0.05) is 53.7 Å². The van der Waals surface area contributed by atoms with Gasteiger partial charge in [0.05, 0.1) is 0 Å². The molecule has 0 amide bonds. The molecular formula is C14H24CaO. The number of hydrogen-bond donors (Lipinski definition) is 1. The molecule has 88 valence electrons. The maximum absolute atomic E-state index is 9.99. The van der Waals surface area contributed by atoms with Crippen molar-refractivity contribution in [2.75, 3.05) is 0 Å². The normalized spacial score (nSPS) is 12.1. The first-order valence-electron chi connectivity index (χ1n) is 5.47. The molecule has 16 heavy (non-hydrogen) atoms. The molecule has 0 spiro atoms. The van der Waals surface area contributed by atoms with Gasteiger partial charge in [-0.3, -0.25) is 0 Å². The molecule has 1 nitrogen and oxygen atoms in total. The molecular weight excluding hydrogens is 224 g/mol.